The number of amides is 1. The van der Waals surface area contributed by atoms with Crippen molar-refractivity contribution >= 4 is 5.91 Å². The molecule has 20 heavy (non-hydrogen) atoms. The highest BCUT2D eigenvalue weighted by atomic mass is 16.2. The molecule has 1 aromatic heterocycles. The highest BCUT2D eigenvalue weighted by Gasteiger charge is 2.19. The summed E-state index contributed by atoms with van der Waals surface area (Å²) in [5, 5.41) is 6.96. The SMILES string of the molecule is CC(Cc1ccccc1)NC(=O)C(N)c1cnn(C)c1. The summed E-state index contributed by atoms with van der Waals surface area (Å²) in [5.41, 5.74) is 7.84. The topological polar surface area (TPSA) is 72.9 Å². The summed E-state index contributed by atoms with van der Waals surface area (Å²) >= 11 is 0. The molecule has 0 radical (unpaired) electrons. The number of hydrogen-bond acceptors (Lipinski definition) is 3. The summed E-state index contributed by atoms with van der Waals surface area (Å²) < 4.78 is 1.63. The molecule has 2 atom stereocenters. The Kier molecular flexibility index (Phi) is 4.53. The van der Waals surface area contributed by atoms with Gasteiger partial charge in [0.05, 0.1) is 6.20 Å². The van der Waals surface area contributed by atoms with Gasteiger partial charge in [0.1, 0.15) is 6.04 Å². The summed E-state index contributed by atoms with van der Waals surface area (Å²) in [6.07, 6.45) is 4.16. The van der Waals surface area contributed by atoms with Gasteiger partial charge in [0.2, 0.25) is 5.91 Å². The standard InChI is InChI=1S/C15H20N4O/c1-11(8-12-6-4-3-5-7-12)18-15(20)14(16)13-9-17-19(2)10-13/h3-7,9-11,14H,8,16H2,1-2H3,(H,18,20). The fourth-order valence-corrected chi connectivity index (χ4v) is 2.10. The van der Waals surface area contributed by atoms with Crippen molar-refractivity contribution in [1.82, 2.24) is 15.1 Å². The first-order valence-electron chi connectivity index (χ1n) is 6.64. The van der Waals surface area contributed by atoms with Crippen molar-refractivity contribution in [2.24, 2.45) is 12.8 Å². The van der Waals surface area contributed by atoms with Gasteiger partial charge in [-0.3, -0.25) is 9.48 Å². The maximum Gasteiger partial charge on any atom is 0.241 e. The Morgan fingerprint density at radius 2 is 2.10 bits per heavy atom. The summed E-state index contributed by atoms with van der Waals surface area (Å²) in [5.74, 6) is -0.179. The van der Waals surface area contributed by atoms with Crippen LogP contribution in [0.25, 0.3) is 0 Å². The molecule has 5 heteroatoms. The van der Waals surface area contributed by atoms with Crippen LogP contribution in [0.5, 0.6) is 0 Å². The Bertz CT molecular complexity index is 564. The molecule has 0 spiro atoms. The van der Waals surface area contributed by atoms with Crippen LogP contribution in [0.1, 0.15) is 24.1 Å². The molecule has 1 heterocycles. The van der Waals surface area contributed by atoms with E-state index in [1.165, 1.54) is 5.56 Å². The van der Waals surface area contributed by atoms with E-state index in [4.69, 9.17) is 5.73 Å². The Hall–Kier alpha value is -2.14. The van der Waals surface area contributed by atoms with E-state index in [0.29, 0.717) is 0 Å². The highest BCUT2D eigenvalue weighted by Crippen LogP contribution is 2.09. The lowest BCUT2D eigenvalue weighted by Crippen LogP contribution is -2.40. The third-order valence-corrected chi connectivity index (χ3v) is 3.14. The molecule has 0 aliphatic carbocycles. The first-order valence-corrected chi connectivity index (χ1v) is 6.64. The van der Waals surface area contributed by atoms with Crippen LogP contribution in [-0.2, 0) is 18.3 Å². The number of aromatic nitrogens is 2. The van der Waals surface area contributed by atoms with E-state index in [2.05, 4.69) is 10.4 Å². The average molecular weight is 272 g/mol. The Morgan fingerprint density at radius 1 is 1.40 bits per heavy atom. The lowest BCUT2D eigenvalue weighted by molar-refractivity contribution is -0.123. The fourth-order valence-electron chi connectivity index (χ4n) is 2.10. The minimum atomic E-state index is -0.679. The van der Waals surface area contributed by atoms with E-state index in [1.807, 2.05) is 37.3 Å². The normalized spacial score (nSPS) is 13.8. The number of carbonyl (C=O) groups excluding carboxylic acids is 1. The third-order valence-electron chi connectivity index (χ3n) is 3.14. The summed E-state index contributed by atoms with van der Waals surface area (Å²) in [6.45, 7) is 1.97. The van der Waals surface area contributed by atoms with Crippen molar-refractivity contribution in [1.29, 1.82) is 0 Å². The minimum absolute atomic E-state index is 0.0348. The predicted molar refractivity (Wildman–Crippen MR) is 77.9 cm³/mol. The number of nitrogens with zero attached hydrogens (tertiary/aromatic N) is 2. The lowest BCUT2D eigenvalue weighted by atomic mass is 10.1. The molecule has 2 aromatic rings. The number of aryl methyl sites for hydroxylation is 1. The van der Waals surface area contributed by atoms with Crippen LogP contribution in [0.2, 0.25) is 0 Å². The Labute approximate surface area is 118 Å². The predicted octanol–water partition coefficient (Wildman–Crippen LogP) is 1.17. The second-order valence-electron chi connectivity index (χ2n) is 5.02. The zero-order valence-corrected chi connectivity index (χ0v) is 11.8. The van der Waals surface area contributed by atoms with E-state index in [0.717, 1.165) is 12.0 Å². The van der Waals surface area contributed by atoms with E-state index in [1.54, 1.807) is 24.1 Å². The van der Waals surface area contributed by atoms with Crippen molar-refractivity contribution in [2.75, 3.05) is 0 Å². The highest BCUT2D eigenvalue weighted by molar-refractivity contribution is 5.83. The largest absolute Gasteiger partial charge is 0.352 e. The minimum Gasteiger partial charge on any atom is -0.352 e. The smallest absolute Gasteiger partial charge is 0.241 e. The molecule has 2 rings (SSSR count). The van der Waals surface area contributed by atoms with Gasteiger partial charge in [-0.15, -0.1) is 0 Å². The molecule has 0 fully saturated rings. The first kappa shape index (κ1) is 14.3. The number of nitrogens with two attached hydrogens (primary N) is 1. The van der Waals surface area contributed by atoms with Gasteiger partial charge in [0.25, 0.3) is 0 Å². The molecular weight excluding hydrogens is 252 g/mol. The molecular formula is C15H20N4O. The van der Waals surface area contributed by atoms with E-state index in [9.17, 15) is 4.79 Å². The van der Waals surface area contributed by atoms with Crippen LogP contribution < -0.4 is 11.1 Å². The zero-order chi connectivity index (χ0) is 14.5. The Morgan fingerprint density at radius 3 is 2.70 bits per heavy atom. The zero-order valence-electron chi connectivity index (χ0n) is 11.8. The molecule has 3 N–H and O–H groups in total. The van der Waals surface area contributed by atoms with Crippen LogP contribution in [0.3, 0.4) is 0 Å². The van der Waals surface area contributed by atoms with Crippen LogP contribution in [0.4, 0.5) is 0 Å². The van der Waals surface area contributed by atoms with Gasteiger partial charge in [0.15, 0.2) is 0 Å². The van der Waals surface area contributed by atoms with Crippen LogP contribution >= 0.6 is 0 Å². The van der Waals surface area contributed by atoms with E-state index in [-0.39, 0.29) is 11.9 Å². The van der Waals surface area contributed by atoms with Crippen LogP contribution in [0, 0.1) is 0 Å². The monoisotopic (exact) mass is 272 g/mol. The number of nitrogens with one attached hydrogen (secondary N) is 1. The van der Waals surface area contributed by atoms with Gasteiger partial charge in [-0.25, -0.2) is 0 Å². The third kappa shape index (κ3) is 3.68. The maximum atomic E-state index is 12.1. The first-order chi connectivity index (χ1) is 9.56. The summed E-state index contributed by atoms with van der Waals surface area (Å²) in [6, 6.07) is 9.41. The van der Waals surface area contributed by atoms with E-state index < -0.39 is 6.04 Å². The summed E-state index contributed by atoms with van der Waals surface area (Å²) in [7, 11) is 1.80. The van der Waals surface area contributed by atoms with Gasteiger partial charge in [-0.2, -0.15) is 5.10 Å². The molecule has 2 unspecified atom stereocenters. The number of hydrogen-bond donors (Lipinski definition) is 2. The number of benzene rings is 1. The molecule has 0 saturated heterocycles. The number of carbonyl (C=O) groups is 1. The van der Waals surface area contributed by atoms with Gasteiger partial charge >= 0.3 is 0 Å². The van der Waals surface area contributed by atoms with Crippen LogP contribution in [-0.4, -0.2) is 21.7 Å². The van der Waals surface area contributed by atoms with Gasteiger partial charge < -0.3 is 11.1 Å². The lowest BCUT2D eigenvalue weighted by Gasteiger charge is -2.17. The fraction of sp³-hybridized carbons (Fsp3) is 0.333. The maximum absolute atomic E-state index is 12.1. The second kappa shape index (κ2) is 6.34. The van der Waals surface area contributed by atoms with Crippen molar-refractivity contribution in [2.45, 2.75) is 25.4 Å². The molecule has 0 aliphatic rings. The molecule has 5 nitrogen and oxygen atoms in total. The molecule has 1 aromatic carbocycles. The van der Waals surface area contributed by atoms with E-state index >= 15 is 0 Å². The van der Waals surface area contributed by atoms with Crippen LogP contribution in [0.15, 0.2) is 42.7 Å². The van der Waals surface area contributed by atoms with Gasteiger partial charge in [-0.05, 0) is 18.9 Å². The molecule has 0 aliphatic heterocycles. The molecule has 0 saturated carbocycles. The summed E-state index contributed by atoms with van der Waals surface area (Å²) in [4.78, 5) is 12.1. The van der Waals surface area contributed by atoms with Crippen molar-refractivity contribution in [3.8, 4) is 0 Å². The molecule has 0 bridgehead atoms. The van der Waals surface area contributed by atoms with Crippen molar-refractivity contribution < 1.29 is 4.79 Å². The van der Waals surface area contributed by atoms with Crippen molar-refractivity contribution in [3.05, 3.63) is 53.9 Å². The molecule has 1 amide bonds. The quantitative estimate of drug-likeness (QED) is 0.858. The Balaban J connectivity index is 1.90. The second-order valence-corrected chi connectivity index (χ2v) is 5.02. The van der Waals surface area contributed by atoms with Gasteiger partial charge in [-0.1, -0.05) is 30.3 Å². The van der Waals surface area contributed by atoms with Crippen molar-refractivity contribution in [3.63, 3.8) is 0 Å². The van der Waals surface area contributed by atoms with Gasteiger partial charge in [0, 0.05) is 24.8 Å². The number of rotatable bonds is 5. The molecule has 106 valence electrons. The average Bonchev–Trinajstić information content (AvgIpc) is 2.85.